The van der Waals surface area contributed by atoms with Gasteiger partial charge in [0.15, 0.2) is 5.13 Å². The molecule has 6 rings (SSSR count). The summed E-state index contributed by atoms with van der Waals surface area (Å²) in [6.07, 6.45) is 8.49. The molecule has 0 radical (unpaired) electrons. The zero-order chi connectivity index (χ0) is 24.9. The van der Waals surface area contributed by atoms with Crippen molar-refractivity contribution in [3.63, 3.8) is 0 Å². The van der Waals surface area contributed by atoms with Crippen LogP contribution in [0.4, 0.5) is 5.13 Å². The second-order valence-electron chi connectivity index (χ2n) is 9.69. The molecule has 0 aliphatic heterocycles. The molecule has 0 saturated carbocycles. The van der Waals surface area contributed by atoms with Crippen LogP contribution in [0.1, 0.15) is 34.9 Å². The third kappa shape index (κ3) is 3.63. The van der Waals surface area contributed by atoms with Crippen molar-refractivity contribution in [1.82, 2.24) is 4.98 Å². The Kier molecular flexibility index (Phi) is 5.47. The first kappa shape index (κ1) is 22.7. The van der Waals surface area contributed by atoms with Gasteiger partial charge in [0, 0.05) is 22.8 Å². The van der Waals surface area contributed by atoms with Gasteiger partial charge < -0.3 is 11.1 Å². The van der Waals surface area contributed by atoms with E-state index in [1.165, 1.54) is 27.8 Å². The van der Waals surface area contributed by atoms with Crippen molar-refractivity contribution < 1.29 is 4.79 Å². The fourth-order valence-electron chi connectivity index (χ4n) is 5.62. The second-order valence-corrected chi connectivity index (χ2v) is 10.5. The highest BCUT2D eigenvalue weighted by molar-refractivity contribution is 7.14. The number of aryl methyl sites for hydroxylation is 1. The molecule has 2 aliphatic carbocycles. The van der Waals surface area contributed by atoms with Crippen molar-refractivity contribution in [3.05, 3.63) is 119 Å². The normalized spacial score (nSPS) is 24.4. The van der Waals surface area contributed by atoms with E-state index in [-0.39, 0.29) is 17.7 Å². The highest BCUT2D eigenvalue weighted by Crippen LogP contribution is 2.48. The number of amides is 1. The van der Waals surface area contributed by atoms with Crippen LogP contribution in [0, 0.1) is 6.92 Å². The lowest BCUT2D eigenvalue weighted by Crippen LogP contribution is -2.58. The van der Waals surface area contributed by atoms with Crippen LogP contribution >= 0.6 is 11.3 Å². The number of carbonyl (C=O) groups excluding carboxylic acids is 1. The van der Waals surface area contributed by atoms with Crippen LogP contribution in [0.3, 0.4) is 0 Å². The largest absolute Gasteiger partial charge is 0.317 e. The Balaban J connectivity index is 1.34. The van der Waals surface area contributed by atoms with Crippen molar-refractivity contribution in [3.8, 4) is 11.3 Å². The van der Waals surface area contributed by atoms with Gasteiger partial charge in [0.2, 0.25) is 5.91 Å². The fraction of sp³-hybridized carbons (Fsp3) is 0.161. The fourth-order valence-corrected chi connectivity index (χ4v) is 6.32. The summed E-state index contributed by atoms with van der Waals surface area (Å²) in [5.41, 5.74) is 12.2. The highest BCUT2D eigenvalue weighted by atomic mass is 32.1. The van der Waals surface area contributed by atoms with Crippen molar-refractivity contribution >= 4 is 33.1 Å². The molecule has 1 amide bonds. The van der Waals surface area contributed by atoms with E-state index in [4.69, 9.17) is 10.7 Å². The Bertz CT molecular complexity index is 1580. The Morgan fingerprint density at radius 2 is 1.81 bits per heavy atom. The zero-order valence-corrected chi connectivity index (χ0v) is 20.9. The first-order valence-corrected chi connectivity index (χ1v) is 13.0. The minimum absolute atomic E-state index is 0.0184. The number of benzene rings is 3. The average molecular weight is 490 g/mol. The molecule has 4 nitrogen and oxygen atoms in total. The molecule has 1 aromatic heterocycles. The highest BCUT2D eigenvalue weighted by Gasteiger charge is 2.48. The molecular formula is C31H27N3OS. The number of carbonyl (C=O) groups is 1. The minimum atomic E-state index is -1.13. The lowest BCUT2D eigenvalue weighted by atomic mass is 9.64. The summed E-state index contributed by atoms with van der Waals surface area (Å²) >= 11 is 1.42. The number of hydrogen-bond acceptors (Lipinski definition) is 4. The topological polar surface area (TPSA) is 68.0 Å². The second kappa shape index (κ2) is 8.70. The van der Waals surface area contributed by atoms with E-state index in [9.17, 15) is 4.79 Å². The zero-order valence-electron chi connectivity index (χ0n) is 20.1. The van der Waals surface area contributed by atoms with Crippen molar-refractivity contribution in [2.75, 3.05) is 5.32 Å². The van der Waals surface area contributed by atoms with Crippen LogP contribution < -0.4 is 11.1 Å². The first-order valence-electron chi connectivity index (χ1n) is 12.1. The van der Waals surface area contributed by atoms with Gasteiger partial charge in [-0.3, -0.25) is 4.79 Å². The summed E-state index contributed by atoms with van der Waals surface area (Å²) < 4.78 is 0. The van der Waals surface area contributed by atoms with Crippen molar-refractivity contribution in [1.29, 1.82) is 0 Å². The average Bonchev–Trinajstić information content (AvgIpc) is 3.38. The maximum Gasteiger partial charge on any atom is 0.247 e. The predicted molar refractivity (Wildman–Crippen MR) is 149 cm³/mol. The van der Waals surface area contributed by atoms with Gasteiger partial charge in [-0.15, -0.1) is 11.3 Å². The number of anilines is 1. The summed E-state index contributed by atoms with van der Waals surface area (Å²) in [5, 5.41) is 7.96. The summed E-state index contributed by atoms with van der Waals surface area (Å²) in [6, 6.07) is 20.8. The van der Waals surface area contributed by atoms with Crippen molar-refractivity contribution in [2.24, 2.45) is 5.73 Å². The number of aromatic nitrogens is 1. The number of thiazole rings is 1. The minimum Gasteiger partial charge on any atom is -0.317 e. The summed E-state index contributed by atoms with van der Waals surface area (Å²) in [5.74, 6) is -0.489. The van der Waals surface area contributed by atoms with E-state index in [0.717, 1.165) is 27.8 Å². The van der Waals surface area contributed by atoms with E-state index >= 15 is 0 Å². The number of nitrogens with one attached hydrogen (secondary N) is 1. The molecule has 0 saturated heterocycles. The third-order valence-electron chi connectivity index (χ3n) is 7.54. The molecule has 2 bridgehead atoms. The van der Waals surface area contributed by atoms with E-state index < -0.39 is 5.54 Å². The maximum absolute atomic E-state index is 13.8. The SMILES string of the molecule is C=C1/C=C\C=C/C2c3ccccc3C1CC2(N)C(=O)Nc1nc(-c2ccc(C)c3ccccc23)cs1. The lowest BCUT2D eigenvalue weighted by molar-refractivity contribution is -0.122. The van der Waals surface area contributed by atoms with Gasteiger partial charge >= 0.3 is 0 Å². The summed E-state index contributed by atoms with van der Waals surface area (Å²) in [7, 11) is 0. The Morgan fingerprint density at radius 1 is 1.06 bits per heavy atom. The molecule has 3 unspecified atom stereocenters. The van der Waals surface area contributed by atoms with Crippen LogP contribution in [-0.4, -0.2) is 16.4 Å². The molecular weight excluding hydrogens is 462 g/mol. The maximum atomic E-state index is 13.8. The monoisotopic (exact) mass is 489 g/mol. The molecule has 3 N–H and O–H groups in total. The number of fused-ring (bicyclic) bond motifs is 1. The Labute approximate surface area is 214 Å². The first-order chi connectivity index (χ1) is 17.5. The van der Waals surface area contributed by atoms with Crippen LogP contribution in [-0.2, 0) is 4.79 Å². The molecule has 0 spiro atoms. The van der Waals surface area contributed by atoms with Gasteiger partial charge in [0.1, 0.15) is 5.54 Å². The summed E-state index contributed by atoms with van der Waals surface area (Å²) in [6.45, 7) is 6.40. The molecule has 3 atom stereocenters. The van der Waals surface area contributed by atoms with Crippen molar-refractivity contribution in [2.45, 2.75) is 30.7 Å². The van der Waals surface area contributed by atoms with Crippen LogP contribution in [0.5, 0.6) is 0 Å². The molecule has 3 aromatic carbocycles. The van der Waals surface area contributed by atoms with Gasteiger partial charge in [-0.2, -0.15) is 0 Å². The van der Waals surface area contributed by atoms with E-state index in [2.05, 4.69) is 55.2 Å². The quantitative estimate of drug-likeness (QED) is 0.330. The molecule has 1 heterocycles. The molecule has 36 heavy (non-hydrogen) atoms. The van der Waals surface area contributed by atoms with Gasteiger partial charge in [-0.25, -0.2) is 4.98 Å². The Morgan fingerprint density at radius 3 is 2.64 bits per heavy atom. The van der Waals surface area contributed by atoms with Crippen LogP contribution in [0.15, 0.2) is 102 Å². The lowest BCUT2D eigenvalue weighted by Gasteiger charge is -2.43. The van der Waals surface area contributed by atoms with E-state index in [0.29, 0.717) is 11.6 Å². The summed E-state index contributed by atoms with van der Waals surface area (Å²) in [4.78, 5) is 18.6. The van der Waals surface area contributed by atoms with Gasteiger partial charge in [-0.05, 0) is 46.4 Å². The van der Waals surface area contributed by atoms with Crippen LogP contribution in [0.25, 0.3) is 22.0 Å². The molecule has 4 aromatic rings. The van der Waals surface area contributed by atoms with Gasteiger partial charge in [0.25, 0.3) is 0 Å². The molecule has 2 aliphatic rings. The number of nitrogens with two attached hydrogens (primary N) is 1. The van der Waals surface area contributed by atoms with Gasteiger partial charge in [-0.1, -0.05) is 91.5 Å². The smallest absolute Gasteiger partial charge is 0.247 e. The molecule has 0 fully saturated rings. The van der Waals surface area contributed by atoms with Crippen LogP contribution in [0.2, 0.25) is 0 Å². The number of nitrogens with zero attached hydrogens (tertiary/aromatic N) is 1. The predicted octanol–water partition coefficient (Wildman–Crippen LogP) is 6.86. The standard InChI is InChI=1S/C31H27N3OS/c1-19-9-3-8-14-27-24-13-7-6-12-23(24)26(19)17-31(27,32)29(35)34-30-33-28(18-36-30)25-16-15-20(2)21-10-4-5-11-22(21)25/h3-16,18,26-27H,1,17,32H2,2H3,(H,33,34,35)/b9-3-,14-8-. The van der Waals surface area contributed by atoms with E-state index in [1.54, 1.807) is 0 Å². The molecule has 5 heteroatoms. The Hall–Kier alpha value is -3.80. The number of allylic oxidation sites excluding steroid dienone is 4. The van der Waals surface area contributed by atoms with E-state index in [1.807, 2.05) is 53.9 Å². The third-order valence-corrected chi connectivity index (χ3v) is 8.30. The molecule has 178 valence electrons. The number of hydrogen-bond donors (Lipinski definition) is 2. The van der Waals surface area contributed by atoms with Gasteiger partial charge in [0.05, 0.1) is 5.69 Å². The number of rotatable bonds is 3.